The van der Waals surface area contributed by atoms with Gasteiger partial charge in [-0.1, -0.05) is 23.7 Å². The monoisotopic (exact) mass is 424 g/mol. The third kappa shape index (κ3) is 5.02. The third-order valence-corrected chi connectivity index (χ3v) is 5.51. The normalized spacial score (nSPS) is 12.2. The molecule has 1 N–H and O–H groups in total. The Morgan fingerprint density at radius 3 is 2.46 bits per heavy atom. The number of aryl methyl sites for hydroxylation is 1. The highest BCUT2D eigenvalue weighted by Gasteiger charge is 2.30. The Labute approximate surface area is 169 Å². The molecular weight excluding hydrogens is 404 g/mol. The summed E-state index contributed by atoms with van der Waals surface area (Å²) < 4.78 is 30.5. The fourth-order valence-electron chi connectivity index (χ4n) is 2.69. The molecule has 0 aliphatic carbocycles. The summed E-state index contributed by atoms with van der Waals surface area (Å²) in [4.78, 5) is 24.4. The number of amides is 1. The zero-order chi connectivity index (χ0) is 21.1. The molecule has 2 aromatic carbocycles. The van der Waals surface area contributed by atoms with E-state index < -0.39 is 27.9 Å². The molecule has 0 heterocycles. The average molecular weight is 425 g/mol. The van der Waals surface area contributed by atoms with Crippen LogP contribution in [0.2, 0.25) is 5.02 Å². The molecule has 9 heteroatoms. The molecule has 7 nitrogen and oxygen atoms in total. The van der Waals surface area contributed by atoms with E-state index in [2.05, 4.69) is 10.1 Å². The van der Waals surface area contributed by atoms with Gasteiger partial charge in [-0.25, -0.2) is 13.2 Å². The number of anilines is 2. The minimum Gasteiger partial charge on any atom is -0.465 e. The molecule has 1 amide bonds. The van der Waals surface area contributed by atoms with Gasteiger partial charge in [0.2, 0.25) is 15.9 Å². The van der Waals surface area contributed by atoms with Crippen LogP contribution in [0.5, 0.6) is 0 Å². The quantitative estimate of drug-likeness (QED) is 0.718. The second-order valence-electron chi connectivity index (χ2n) is 6.23. The van der Waals surface area contributed by atoms with E-state index in [1.165, 1.54) is 26.2 Å². The van der Waals surface area contributed by atoms with Crippen LogP contribution in [0.1, 0.15) is 22.8 Å². The molecule has 2 rings (SSSR count). The molecule has 0 fully saturated rings. The Balaban J connectivity index is 2.35. The molecule has 0 unspecified atom stereocenters. The van der Waals surface area contributed by atoms with Gasteiger partial charge in [-0.3, -0.25) is 9.10 Å². The van der Waals surface area contributed by atoms with Gasteiger partial charge in [-0.15, -0.1) is 0 Å². The maximum atomic E-state index is 12.8. The first-order valence-electron chi connectivity index (χ1n) is 8.29. The van der Waals surface area contributed by atoms with E-state index in [-0.39, 0.29) is 5.56 Å². The summed E-state index contributed by atoms with van der Waals surface area (Å²) in [5, 5.41) is 2.99. The number of hydrogen-bond acceptors (Lipinski definition) is 5. The number of benzene rings is 2. The summed E-state index contributed by atoms with van der Waals surface area (Å²) >= 11 is 6.02. The van der Waals surface area contributed by atoms with Gasteiger partial charge in [0, 0.05) is 10.7 Å². The van der Waals surface area contributed by atoms with Crippen molar-refractivity contribution in [2.45, 2.75) is 19.9 Å². The zero-order valence-electron chi connectivity index (χ0n) is 15.9. The van der Waals surface area contributed by atoms with Gasteiger partial charge in [0.25, 0.3) is 0 Å². The Bertz CT molecular complexity index is 1010. The highest BCUT2D eigenvalue weighted by molar-refractivity contribution is 7.92. The smallest absolute Gasteiger partial charge is 0.337 e. The maximum absolute atomic E-state index is 12.8. The summed E-state index contributed by atoms with van der Waals surface area (Å²) in [6, 6.07) is 9.93. The van der Waals surface area contributed by atoms with E-state index in [1.807, 2.05) is 0 Å². The predicted molar refractivity (Wildman–Crippen MR) is 109 cm³/mol. The van der Waals surface area contributed by atoms with Crippen LogP contribution in [0.3, 0.4) is 0 Å². The molecule has 0 aliphatic heterocycles. The first-order chi connectivity index (χ1) is 13.0. The van der Waals surface area contributed by atoms with Crippen molar-refractivity contribution in [1.82, 2.24) is 0 Å². The molecule has 0 bridgehead atoms. The fourth-order valence-corrected chi connectivity index (χ4v) is 4.08. The minimum atomic E-state index is -3.78. The van der Waals surface area contributed by atoms with E-state index >= 15 is 0 Å². The van der Waals surface area contributed by atoms with Crippen molar-refractivity contribution >= 4 is 44.9 Å². The Morgan fingerprint density at radius 2 is 1.86 bits per heavy atom. The summed E-state index contributed by atoms with van der Waals surface area (Å²) in [6.07, 6.45) is 1.02. The highest BCUT2D eigenvalue weighted by Crippen LogP contribution is 2.28. The highest BCUT2D eigenvalue weighted by atomic mass is 35.5. The van der Waals surface area contributed by atoms with Gasteiger partial charge < -0.3 is 10.1 Å². The lowest BCUT2D eigenvalue weighted by Crippen LogP contribution is -2.45. The third-order valence-electron chi connectivity index (χ3n) is 4.05. The topological polar surface area (TPSA) is 92.8 Å². The van der Waals surface area contributed by atoms with Crippen LogP contribution in [-0.4, -0.2) is 39.7 Å². The number of hydrogen-bond donors (Lipinski definition) is 1. The fraction of sp³-hybridized carbons (Fsp3) is 0.263. The number of nitrogens with zero attached hydrogens (tertiary/aromatic N) is 1. The van der Waals surface area contributed by atoms with Crippen molar-refractivity contribution < 1.29 is 22.7 Å². The van der Waals surface area contributed by atoms with E-state index in [1.54, 1.807) is 37.3 Å². The van der Waals surface area contributed by atoms with E-state index in [0.717, 1.165) is 10.6 Å². The standard InChI is InChI=1S/C19H21ClN2O5S/c1-12-8-9-15(20)11-17(12)22(28(4,25)26)13(2)18(23)21-16-7-5-6-14(10-16)19(24)27-3/h5-11,13H,1-4H3,(H,21,23)/t13-/m0/s1. The number of halogens is 1. The van der Waals surface area contributed by atoms with Crippen LogP contribution in [0, 0.1) is 6.92 Å². The molecule has 28 heavy (non-hydrogen) atoms. The molecule has 0 saturated heterocycles. The van der Waals surface area contributed by atoms with E-state index in [4.69, 9.17) is 11.6 Å². The number of ether oxygens (including phenoxy) is 1. The van der Waals surface area contributed by atoms with E-state index in [0.29, 0.717) is 22.0 Å². The van der Waals surface area contributed by atoms with Gasteiger partial charge >= 0.3 is 5.97 Å². The largest absolute Gasteiger partial charge is 0.465 e. The van der Waals surface area contributed by atoms with Gasteiger partial charge in [-0.2, -0.15) is 0 Å². The molecular formula is C19H21ClN2O5S. The Hall–Kier alpha value is -2.58. The van der Waals surface area contributed by atoms with Gasteiger partial charge in [0.1, 0.15) is 6.04 Å². The summed E-state index contributed by atoms with van der Waals surface area (Å²) in [6.45, 7) is 3.20. The van der Waals surface area contributed by atoms with Gasteiger partial charge in [-0.05, 0) is 49.7 Å². The summed E-state index contributed by atoms with van der Waals surface area (Å²) in [7, 11) is -2.52. The zero-order valence-corrected chi connectivity index (χ0v) is 17.5. The van der Waals surface area contributed by atoms with Crippen molar-refractivity contribution in [3.05, 3.63) is 58.6 Å². The lowest BCUT2D eigenvalue weighted by atomic mass is 10.1. The van der Waals surface area contributed by atoms with Crippen molar-refractivity contribution in [2.75, 3.05) is 23.0 Å². The van der Waals surface area contributed by atoms with Crippen LogP contribution in [0.25, 0.3) is 0 Å². The number of methoxy groups -OCH3 is 1. The first kappa shape index (κ1) is 21.7. The van der Waals surface area contributed by atoms with Crippen LogP contribution >= 0.6 is 11.6 Å². The van der Waals surface area contributed by atoms with Crippen LogP contribution in [0.15, 0.2) is 42.5 Å². The molecule has 0 spiro atoms. The molecule has 1 atom stereocenters. The second kappa shape index (κ2) is 8.62. The maximum Gasteiger partial charge on any atom is 0.337 e. The van der Waals surface area contributed by atoms with Crippen molar-refractivity contribution in [3.8, 4) is 0 Å². The molecule has 0 radical (unpaired) electrons. The number of rotatable bonds is 6. The summed E-state index contributed by atoms with van der Waals surface area (Å²) in [5.74, 6) is -1.11. The van der Waals surface area contributed by atoms with Gasteiger partial charge in [0.05, 0.1) is 24.6 Å². The molecule has 0 aromatic heterocycles. The number of sulfonamides is 1. The minimum absolute atomic E-state index is 0.263. The number of carbonyl (C=O) groups excluding carboxylic acids is 2. The Morgan fingerprint density at radius 1 is 1.18 bits per heavy atom. The molecule has 2 aromatic rings. The van der Waals surface area contributed by atoms with Crippen LogP contribution < -0.4 is 9.62 Å². The summed E-state index contributed by atoms with van der Waals surface area (Å²) in [5.41, 5.74) is 1.58. The lowest BCUT2D eigenvalue weighted by Gasteiger charge is -2.29. The van der Waals surface area contributed by atoms with Crippen molar-refractivity contribution in [1.29, 1.82) is 0 Å². The number of nitrogens with one attached hydrogen (secondary N) is 1. The van der Waals surface area contributed by atoms with Gasteiger partial charge in [0.15, 0.2) is 0 Å². The molecule has 0 saturated carbocycles. The number of carbonyl (C=O) groups is 2. The van der Waals surface area contributed by atoms with Crippen LogP contribution in [0.4, 0.5) is 11.4 Å². The second-order valence-corrected chi connectivity index (χ2v) is 8.52. The average Bonchev–Trinajstić information content (AvgIpc) is 2.63. The van der Waals surface area contributed by atoms with E-state index in [9.17, 15) is 18.0 Å². The first-order valence-corrected chi connectivity index (χ1v) is 10.5. The molecule has 150 valence electrons. The predicted octanol–water partition coefficient (Wildman–Crippen LogP) is 3.23. The Kier molecular flexibility index (Phi) is 6.69. The SMILES string of the molecule is COC(=O)c1cccc(NC(=O)[C@H](C)N(c2cc(Cl)ccc2C)S(C)(=O)=O)c1. The molecule has 0 aliphatic rings. The lowest BCUT2D eigenvalue weighted by molar-refractivity contribution is -0.116. The van der Waals surface area contributed by atoms with Crippen molar-refractivity contribution in [2.24, 2.45) is 0 Å². The van der Waals surface area contributed by atoms with Crippen LogP contribution in [-0.2, 0) is 19.6 Å². The van der Waals surface area contributed by atoms with Crippen molar-refractivity contribution in [3.63, 3.8) is 0 Å². The number of esters is 1.